The number of nitrogens with one attached hydrogen (secondary N) is 2. The van der Waals surface area contributed by atoms with Crippen LogP contribution in [0, 0.1) is 0 Å². The summed E-state index contributed by atoms with van der Waals surface area (Å²) in [7, 11) is 0. The molecule has 0 aliphatic rings. The monoisotopic (exact) mass is 530 g/mol. The van der Waals surface area contributed by atoms with Gasteiger partial charge in [0.2, 0.25) is 5.91 Å². The fourth-order valence-electron chi connectivity index (χ4n) is 2.46. The highest BCUT2D eigenvalue weighted by atomic mass is 127. The Kier molecular flexibility index (Phi) is 13.4. The molecule has 0 aromatic heterocycles. The lowest BCUT2D eigenvalue weighted by Crippen LogP contribution is -2.40. The Hall–Kier alpha value is -1.72. The first-order chi connectivity index (χ1) is 13.3. The van der Waals surface area contributed by atoms with Gasteiger partial charge in [-0.15, -0.1) is 24.0 Å². The molecule has 1 rings (SSSR count). The van der Waals surface area contributed by atoms with Crippen LogP contribution in [0.3, 0.4) is 0 Å². The van der Waals surface area contributed by atoms with Crippen LogP contribution in [0.1, 0.15) is 32.8 Å². The molecule has 166 valence electrons. The minimum atomic E-state index is -4.40. The number of nitrogens with zero attached hydrogens (tertiary/aromatic N) is 2. The van der Waals surface area contributed by atoms with Crippen molar-refractivity contribution in [3.63, 3.8) is 0 Å². The second-order valence-electron chi connectivity index (χ2n) is 5.95. The Morgan fingerprint density at radius 1 is 1.14 bits per heavy atom. The number of hydrogen-bond acceptors (Lipinski definition) is 3. The second-order valence-corrected chi connectivity index (χ2v) is 5.95. The summed E-state index contributed by atoms with van der Waals surface area (Å²) in [4.78, 5) is 18.2. The first-order valence-electron chi connectivity index (χ1n) is 9.38. The number of carbonyl (C=O) groups is 1. The number of rotatable bonds is 10. The van der Waals surface area contributed by atoms with E-state index < -0.39 is 12.8 Å². The van der Waals surface area contributed by atoms with Crippen LogP contribution in [0.25, 0.3) is 0 Å². The molecule has 0 fully saturated rings. The molecule has 1 amide bonds. The summed E-state index contributed by atoms with van der Waals surface area (Å²) in [6.45, 7) is 6.91. The third-order valence-corrected chi connectivity index (χ3v) is 3.86. The molecule has 0 radical (unpaired) electrons. The van der Waals surface area contributed by atoms with Crippen molar-refractivity contribution in [3.05, 3.63) is 29.8 Å². The van der Waals surface area contributed by atoms with Crippen LogP contribution in [0.15, 0.2) is 29.3 Å². The minimum Gasteiger partial charge on any atom is -0.484 e. The van der Waals surface area contributed by atoms with Crippen LogP contribution in [-0.2, 0) is 11.3 Å². The van der Waals surface area contributed by atoms with Gasteiger partial charge in [0.05, 0.1) is 6.54 Å². The van der Waals surface area contributed by atoms with E-state index in [1.165, 1.54) is 6.07 Å². The van der Waals surface area contributed by atoms with Crippen molar-refractivity contribution in [1.82, 2.24) is 15.5 Å². The molecule has 0 saturated carbocycles. The third kappa shape index (κ3) is 11.1. The van der Waals surface area contributed by atoms with E-state index in [1.54, 1.807) is 23.1 Å². The standard InChI is InChI=1S/C19H29F3N4O2.HI/c1-4-23-18(24-12-11-17(27)26(5-2)6-3)25-13-15-9-7-8-10-16(15)28-14-19(20,21)22;/h7-10H,4-6,11-14H2,1-3H3,(H2,23,24,25);1H. The number of hydrogen-bond donors (Lipinski definition) is 2. The van der Waals surface area contributed by atoms with Gasteiger partial charge in [0, 0.05) is 38.2 Å². The predicted molar refractivity (Wildman–Crippen MR) is 119 cm³/mol. The highest BCUT2D eigenvalue weighted by molar-refractivity contribution is 14.0. The van der Waals surface area contributed by atoms with Crippen LogP contribution < -0.4 is 15.4 Å². The summed E-state index contributed by atoms with van der Waals surface area (Å²) in [5.41, 5.74) is 0.545. The first-order valence-corrected chi connectivity index (χ1v) is 9.38. The molecule has 0 spiro atoms. The van der Waals surface area contributed by atoms with Gasteiger partial charge in [-0.2, -0.15) is 13.2 Å². The second kappa shape index (κ2) is 14.3. The molecule has 2 N–H and O–H groups in total. The summed E-state index contributed by atoms with van der Waals surface area (Å²) in [5.74, 6) is 0.691. The Morgan fingerprint density at radius 3 is 2.38 bits per heavy atom. The molecule has 0 aliphatic heterocycles. The van der Waals surface area contributed by atoms with Gasteiger partial charge in [-0.05, 0) is 26.8 Å². The molecule has 10 heteroatoms. The largest absolute Gasteiger partial charge is 0.484 e. The van der Waals surface area contributed by atoms with Gasteiger partial charge in [0.1, 0.15) is 5.75 Å². The SMILES string of the molecule is CCNC(=NCc1ccccc1OCC(F)(F)F)NCCC(=O)N(CC)CC.I. The molecule has 0 saturated heterocycles. The summed E-state index contributed by atoms with van der Waals surface area (Å²) in [6, 6.07) is 6.48. The van der Waals surface area contributed by atoms with Gasteiger partial charge >= 0.3 is 6.18 Å². The highest BCUT2D eigenvalue weighted by Gasteiger charge is 2.28. The number of aliphatic imine (C=N–C) groups is 1. The molecular weight excluding hydrogens is 500 g/mol. The first kappa shape index (κ1) is 27.3. The molecule has 1 aromatic carbocycles. The summed E-state index contributed by atoms with van der Waals surface area (Å²) in [5, 5.41) is 6.12. The van der Waals surface area contributed by atoms with Crippen molar-refractivity contribution in [2.75, 3.05) is 32.8 Å². The van der Waals surface area contributed by atoms with Crippen LogP contribution in [0.4, 0.5) is 13.2 Å². The van der Waals surface area contributed by atoms with Crippen LogP contribution in [0.2, 0.25) is 0 Å². The van der Waals surface area contributed by atoms with Gasteiger partial charge in [-0.3, -0.25) is 4.79 Å². The molecule has 0 unspecified atom stereocenters. The fourth-order valence-corrected chi connectivity index (χ4v) is 2.46. The fraction of sp³-hybridized carbons (Fsp3) is 0.579. The van der Waals surface area contributed by atoms with E-state index in [2.05, 4.69) is 15.6 Å². The number of amides is 1. The highest BCUT2D eigenvalue weighted by Crippen LogP contribution is 2.22. The normalized spacial score (nSPS) is 11.4. The van der Waals surface area contributed by atoms with Crippen molar-refractivity contribution in [1.29, 1.82) is 0 Å². The van der Waals surface area contributed by atoms with Crippen molar-refractivity contribution in [3.8, 4) is 5.75 Å². The molecule has 0 aliphatic carbocycles. The molecule has 0 bridgehead atoms. The maximum Gasteiger partial charge on any atom is 0.422 e. The van der Waals surface area contributed by atoms with E-state index in [0.29, 0.717) is 44.1 Å². The zero-order valence-corrected chi connectivity index (χ0v) is 19.3. The van der Waals surface area contributed by atoms with E-state index in [4.69, 9.17) is 4.74 Å². The van der Waals surface area contributed by atoms with Gasteiger partial charge in [0.15, 0.2) is 12.6 Å². The van der Waals surface area contributed by atoms with E-state index in [1.807, 2.05) is 20.8 Å². The summed E-state index contributed by atoms with van der Waals surface area (Å²) < 4.78 is 42.1. The Bertz CT molecular complexity index is 638. The smallest absolute Gasteiger partial charge is 0.422 e. The number of halogens is 4. The van der Waals surface area contributed by atoms with Gasteiger partial charge in [0.25, 0.3) is 0 Å². The third-order valence-electron chi connectivity index (χ3n) is 3.86. The number of alkyl halides is 3. The van der Waals surface area contributed by atoms with Gasteiger partial charge < -0.3 is 20.3 Å². The molecular formula is C19H30F3IN4O2. The van der Waals surface area contributed by atoms with Crippen LogP contribution >= 0.6 is 24.0 Å². The lowest BCUT2D eigenvalue weighted by atomic mass is 10.2. The maximum atomic E-state index is 12.4. The van der Waals surface area contributed by atoms with Crippen molar-refractivity contribution >= 4 is 35.8 Å². The van der Waals surface area contributed by atoms with E-state index in [-0.39, 0.29) is 42.2 Å². The Balaban J connectivity index is 0.00000784. The predicted octanol–water partition coefficient (Wildman–Crippen LogP) is 3.56. The Labute approximate surface area is 187 Å². The zero-order chi connectivity index (χ0) is 21.0. The molecule has 0 atom stereocenters. The minimum absolute atomic E-state index is 0. The van der Waals surface area contributed by atoms with Crippen molar-refractivity contribution in [2.45, 2.75) is 39.9 Å². The summed E-state index contributed by atoms with van der Waals surface area (Å²) in [6.07, 6.45) is -4.07. The lowest BCUT2D eigenvalue weighted by molar-refractivity contribution is -0.153. The number of guanidine groups is 1. The number of ether oxygens (including phenoxy) is 1. The average molecular weight is 530 g/mol. The topological polar surface area (TPSA) is 66.0 Å². The van der Waals surface area contributed by atoms with Crippen molar-refractivity contribution < 1.29 is 22.7 Å². The molecule has 29 heavy (non-hydrogen) atoms. The van der Waals surface area contributed by atoms with E-state index in [0.717, 1.165) is 0 Å². The maximum absolute atomic E-state index is 12.4. The number of para-hydroxylation sites is 1. The quantitative estimate of drug-likeness (QED) is 0.276. The average Bonchev–Trinajstić information content (AvgIpc) is 2.65. The van der Waals surface area contributed by atoms with Crippen LogP contribution in [0.5, 0.6) is 5.75 Å². The Morgan fingerprint density at radius 2 is 1.79 bits per heavy atom. The summed E-state index contributed by atoms with van der Waals surface area (Å²) >= 11 is 0. The molecule has 0 heterocycles. The lowest BCUT2D eigenvalue weighted by Gasteiger charge is -2.19. The van der Waals surface area contributed by atoms with Gasteiger partial charge in [-0.25, -0.2) is 4.99 Å². The molecule has 6 nitrogen and oxygen atoms in total. The zero-order valence-electron chi connectivity index (χ0n) is 17.0. The number of carbonyl (C=O) groups excluding carboxylic acids is 1. The van der Waals surface area contributed by atoms with E-state index >= 15 is 0 Å². The number of benzene rings is 1. The van der Waals surface area contributed by atoms with Crippen molar-refractivity contribution in [2.24, 2.45) is 4.99 Å². The van der Waals surface area contributed by atoms with Crippen LogP contribution in [-0.4, -0.2) is 55.7 Å². The molecule has 1 aromatic rings. The van der Waals surface area contributed by atoms with E-state index in [9.17, 15) is 18.0 Å². The van der Waals surface area contributed by atoms with Gasteiger partial charge in [-0.1, -0.05) is 18.2 Å².